The predicted octanol–water partition coefficient (Wildman–Crippen LogP) is 2.19. The number of hydrogen-bond donors (Lipinski definition) is 3. The van der Waals surface area contributed by atoms with Crippen LogP contribution in [0, 0.1) is 11.2 Å². The maximum Gasteiger partial charge on any atom is 0.237 e. The Morgan fingerprint density at radius 1 is 1.31 bits per heavy atom. The highest BCUT2D eigenvalue weighted by Crippen LogP contribution is 2.47. The standard InChI is InChI=1S/C18H23FN6O/c1-17(2)15(26)25(4)16(20)23-18(17,3)13-9-11(5-6-14(13)19)21-10-12-7-8-22-24-12/h5-9,21H,10H2,1-4H3,(H2,20,23)(H,22,24)/t18-/m1/s1. The second-order valence-corrected chi connectivity index (χ2v) is 7.15. The molecule has 2 aromatic rings. The molecule has 0 spiro atoms. The Morgan fingerprint density at radius 2 is 2.04 bits per heavy atom. The van der Waals surface area contributed by atoms with Crippen LogP contribution in [0.25, 0.3) is 0 Å². The molecule has 4 N–H and O–H groups in total. The lowest BCUT2D eigenvalue weighted by Gasteiger charge is -2.46. The number of nitrogens with one attached hydrogen (secondary N) is 2. The van der Waals surface area contributed by atoms with Crippen LogP contribution in [0.2, 0.25) is 0 Å². The number of nitrogens with two attached hydrogens (primary N) is 1. The molecule has 0 saturated carbocycles. The SMILES string of the molecule is CN1C(=O)C(C)(C)[C@@](C)(c2cc(NCc3cc[nH]n3)ccc2F)N=C1N. The highest BCUT2D eigenvalue weighted by atomic mass is 19.1. The molecule has 0 radical (unpaired) electrons. The second kappa shape index (κ2) is 6.12. The third-order valence-corrected chi connectivity index (χ3v) is 5.26. The van der Waals surface area contributed by atoms with Gasteiger partial charge in [-0.25, -0.2) is 9.38 Å². The van der Waals surface area contributed by atoms with Crippen LogP contribution in [0.1, 0.15) is 32.0 Å². The molecule has 2 heterocycles. The van der Waals surface area contributed by atoms with E-state index in [0.29, 0.717) is 17.8 Å². The molecule has 0 saturated heterocycles. The summed E-state index contributed by atoms with van der Waals surface area (Å²) in [4.78, 5) is 18.5. The summed E-state index contributed by atoms with van der Waals surface area (Å²) < 4.78 is 14.7. The molecule has 138 valence electrons. The van der Waals surface area contributed by atoms with Gasteiger partial charge in [0, 0.05) is 24.5 Å². The summed E-state index contributed by atoms with van der Waals surface area (Å²) in [5, 5.41) is 10.0. The average Bonchev–Trinajstić information content (AvgIpc) is 3.11. The summed E-state index contributed by atoms with van der Waals surface area (Å²) in [6, 6.07) is 6.55. The fourth-order valence-electron chi connectivity index (χ4n) is 3.16. The highest BCUT2D eigenvalue weighted by molar-refractivity contribution is 6.01. The van der Waals surface area contributed by atoms with Crippen molar-refractivity contribution in [2.24, 2.45) is 16.1 Å². The molecule has 1 atom stereocenters. The van der Waals surface area contributed by atoms with Gasteiger partial charge in [-0.05, 0) is 45.0 Å². The molecule has 0 bridgehead atoms. The fourth-order valence-corrected chi connectivity index (χ4v) is 3.16. The number of guanidine groups is 1. The van der Waals surface area contributed by atoms with Crippen molar-refractivity contribution in [3.05, 3.63) is 47.5 Å². The molecule has 7 nitrogen and oxygen atoms in total. The average molecular weight is 358 g/mol. The number of carbonyl (C=O) groups is 1. The topological polar surface area (TPSA) is 99.4 Å². The van der Waals surface area contributed by atoms with E-state index in [-0.39, 0.29) is 11.9 Å². The molecule has 1 amide bonds. The van der Waals surface area contributed by atoms with Crippen LogP contribution in [0.3, 0.4) is 0 Å². The summed E-state index contributed by atoms with van der Waals surface area (Å²) >= 11 is 0. The molecule has 8 heteroatoms. The minimum atomic E-state index is -1.13. The van der Waals surface area contributed by atoms with E-state index in [1.165, 1.54) is 11.0 Å². The van der Waals surface area contributed by atoms with E-state index < -0.39 is 16.8 Å². The second-order valence-electron chi connectivity index (χ2n) is 7.15. The van der Waals surface area contributed by atoms with E-state index in [1.807, 2.05) is 6.07 Å². The first-order valence-corrected chi connectivity index (χ1v) is 8.33. The van der Waals surface area contributed by atoms with Gasteiger partial charge in [0.2, 0.25) is 5.91 Å². The molecule has 1 aliphatic heterocycles. The van der Waals surface area contributed by atoms with Crippen molar-refractivity contribution >= 4 is 17.6 Å². The highest BCUT2D eigenvalue weighted by Gasteiger charge is 2.53. The lowest BCUT2D eigenvalue weighted by Crippen LogP contribution is -2.58. The first kappa shape index (κ1) is 17.9. The normalized spacial score (nSPS) is 22.3. The number of rotatable bonds is 4. The van der Waals surface area contributed by atoms with Gasteiger partial charge in [0.1, 0.15) is 11.4 Å². The molecular formula is C18H23FN6O. The lowest BCUT2D eigenvalue weighted by atomic mass is 9.67. The van der Waals surface area contributed by atoms with Crippen LogP contribution in [0.4, 0.5) is 10.1 Å². The van der Waals surface area contributed by atoms with Gasteiger partial charge in [0.25, 0.3) is 0 Å². The molecule has 26 heavy (non-hydrogen) atoms. The van der Waals surface area contributed by atoms with Crippen molar-refractivity contribution < 1.29 is 9.18 Å². The minimum Gasteiger partial charge on any atom is -0.379 e. The van der Waals surface area contributed by atoms with Crippen LogP contribution in [0.15, 0.2) is 35.5 Å². The van der Waals surface area contributed by atoms with Crippen molar-refractivity contribution in [2.45, 2.75) is 32.9 Å². The molecule has 1 aliphatic rings. The Morgan fingerprint density at radius 3 is 2.69 bits per heavy atom. The Balaban J connectivity index is 2.01. The van der Waals surface area contributed by atoms with E-state index in [1.54, 1.807) is 46.1 Å². The van der Waals surface area contributed by atoms with E-state index >= 15 is 0 Å². The zero-order chi connectivity index (χ0) is 19.1. The number of nitrogens with zero attached hydrogens (tertiary/aromatic N) is 3. The monoisotopic (exact) mass is 358 g/mol. The first-order chi connectivity index (χ1) is 12.2. The van der Waals surface area contributed by atoms with Gasteiger partial charge in [-0.2, -0.15) is 5.10 Å². The van der Waals surface area contributed by atoms with E-state index in [0.717, 1.165) is 5.69 Å². The molecule has 1 aromatic carbocycles. The van der Waals surface area contributed by atoms with Crippen molar-refractivity contribution in [3.63, 3.8) is 0 Å². The van der Waals surface area contributed by atoms with Gasteiger partial charge in [0.15, 0.2) is 5.96 Å². The lowest BCUT2D eigenvalue weighted by molar-refractivity contribution is -0.140. The maximum atomic E-state index is 14.7. The first-order valence-electron chi connectivity index (χ1n) is 8.33. The number of anilines is 1. The number of H-pyrrole nitrogens is 1. The van der Waals surface area contributed by atoms with Gasteiger partial charge >= 0.3 is 0 Å². The van der Waals surface area contributed by atoms with Gasteiger partial charge in [-0.3, -0.25) is 14.8 Å². The van der Waals surface area contributed by atoms with Crippen LogP contribution in [0.5, 0.6) is 0 Å². The summed E-state index contributed by atoms with van der Waals surface area (Å²) in [7, 11) is 1.57. The van der Waals surface area contributed by atoms with E-state index in [2.05, 4.69) is 20.5 Å². The number of aromatic amines is 1. The van der Waals surface area contributed by atoms with Gasteiger partial charge in [-0.1, -0.05) is 0 Å². The maximum absolute atomic E-state index is 14.7. The van der Waals surface area contributed by atoms with E-state index in [4.69, 9.17) is 5.73 Å². The number of hydrogen-bond acceptors (Lipinski definition) is 5. The van der Waals surface area contributed by atoms with Crippen molar-refractivity contribution in [2.75, 3.05) is 12.4 Å². The third-order valence-electron chi connectivity index (χ3n) is 5.26. The largest absolute Gasteiger partial charge is 0.379 e. The number of aliphatic imine (C=N–C) groups is 1. The number of benzene rings is 1. The quantitative estimate of drug-likeness (QED) is 0.780. The van der Waals surface area contributed by atoms with Gasteiger partial charge < -0.3 is 11.1 Å². The molecular weight excluding hydrogens is 335 g/mol. The molecule has 3 rings (SSSR count). The predicted molar refractivity (Wildman–Crippen MR) is 97.8 cm³/mol. The number of aromatic nitrogens is 2. The summed E-state index contributed by atoms with van der Waals surface area (Å²) in [6.45, 7) is 5.73. The van der Waals surface area contributed by atoms with Crippen LogP contribution < -0.4 is 11.1 Å². The van der Waals surface area contributed by atoms with Crippen molar-refractivity contribution in [1.29, 1.82) is 0 Å². The molecule has 0 fully saturated rings. The summed E-state index contributed by atoms with van der Waals surface area (Å²) in [5.74, 6) is -0.562. The van der Waals surface area contributed by atoms with E-state index in [9.17, 15) is 9.18 Å². The van der Waals surface area contributed by atoms with Crippen LogP contribution in [-0.4, -0.2) is 34.0 Å². The third kappa shape index (κ3) is 2.71. The van der Waals surface area contributed by atoms with Crippen LogP contribution >= 0.6 is 0 Å². The Hall–Kier alpha value is -2.90. The fraction of sp³-hybridized carbons (Fsp3) is 0.389. The Kier molecular flexibility index (Phi) is 4.21. The smallest absolute Gasteiger partial charge is 0.237 e. The zero-order valence-electron chi connectivity index (χ0n) is 15.3. The summed E-state index contributed by atoms with van der Waals surface area (Å²) in [5.41, 5.74) is 5.68. The molecule has 0 aliphatic carbocycles. The Labute approximate surface area is 151 Å². The summed E-state index contributed by atoms with van der Waals surface area (Å²) in [6.07, 6.45) is 1.73. The van der Waals surface area contributed by atoms with Crippen molar-refractivity contribution in [1.82, 2.24) is 15.1 Å². The Bertz CT molecular complexity index is 861. The molecule has 0 unspecified atom stereocenters. The van der Waals surface area contributed by atoms with Crippen LogP contribution in [-0.2, 0) is 16.9 Å². The number of halogens is 1. The number of amides is 1. The minimum absolute atomic E-state index is 0.0751. The van der Waals surface area contributed by atoms with Crippen molar-refractivity contribution in [3.8, 4) is 0 Å². The zero-order valence-corrected chi connectivity index (χ0v) is 15.3. The number of carbonyl (C=O) groups excluding carboxylic acids is 1. The van der Waals surface area contributed by atoms with Gasteiger partial charge in [0.05, 0.1) is 17.7 Å². The van der Waals surface area contributed by atoms with Gasteiger partial charge in [-0.15, -0.1) is 0 Å². The molecule has 1 aromatic heterocycles.